The predicted molar refractivity (Wildman–Crippen MR) is 54.7 cm³/mol. The van der Waals surface area contributed by atoms with E-state index in [9.17, 15) is 0 Å². The second kappa shape index (κ2) is 3.13. The summed E-state index contributed by atoms with van der Waals surface area (Å²) in [6.45, 7) is 3.59. The Hall–Kier alpha value is -1.29. The van der Waals surface area contributed by atoms with E-state index in [0.29, 0.717) is 6.04 Å². The largest absolute Gasteiger partial charge is 0.381 e. The first-order valence-corrected chi connectivity index (χ1v) is 4.97. The third-order valence-electron chi connectivity index (χ3n) is 2.87. The van der Waals surface area contributed by atoms with Gasteiger partial charge in [-0.2, -0.15) is 0 Å². The van der Waals surface area contributed by atoms with Crippen LogP contribution < -0.4 is 10.2 Å². The maximum Gasteiger partial charge on any atom is 0.0793 e. The van der Waals surface area contributed by atoms with Gasteiger partial charge in [-0.15, -0.1) is 0 Å². The molecule has 1 aromatic heterocycles. The Balaban J connectivity index is 1.99. The van der Waals surface area contributed by atoms with Gasteiger partial charge in [0.1, 0.15) is 0 Å². The van der Waals surface area contributed by atoms with Gasteiger partial charge in [0.25, 0.3) is 0 Å². The molecule has 0 radical (unpaired) electrons. The van der Waals surface area contributed by atoms with Crippen LogP contribution in [0.3, 0.4) is 0 Å². The molecule has 0 saturated carbocycles. The van der Waals surface area contributed by atoms with Gasteiger partial charge in [-0.05, 0) is 6.07 Å². The van der Waals surface area contributed by atoms with E-state index in [2.05, 4.69) is 15.2 Å². The molecule has 0 spiro atoms. The van der Waals surface area contributed by atoms with Crippen molar-refractivity contribution in [2.45, 2.75) is 6.04 Å². The van der Waals surface area contributed by atoms with Crippen LogP contribution >= 0.6 is 0 Å². The number of fused-ring (bicyclic) bond motifs is 3. The van der Waals surface area contributed by atoms with E-state index in [1.165, 1.54) is 11.4 Å². The third-order valence-corrected chi connectivity index (χ3v) is 2.87. The van der Waals surface area contributed by atoms with Gasteiger partial charge in [0.2, 0.25) is 0 Å². The summed E-state index contributed by atoms with van der Waals surface area (Å²) in [5.41, 5.74) is 2.41. The highest BCUT2D eigenvalue weighted by Gasteiger charge is 2.28. The monoisotopic (exact) mass is 191 g/mol. The van der Waals surface area contributed by atoms with E-state index < -0.39 is 0 Å². The highest BCUT2D eigenvalue weighted by molar-refractivity contribution is 5.71. The Kier molecular flexibility index (Phi) is 1.80. The number of nitrogens with zero attached hydrogens (tertiary/aromatic N) is 2. The summed E-state index contributed by atoms with van der Waals surface area (Å²) < 4.78 is 5.45. The molecule has 2 aliphatic rings. The van der Waals surface area contributed by atoms with Crippen molar-refractivity contribution in [2.75, 3.05) is 36.5 Å². The number of pyridine rings is 1. The van der Waals surface area contributed by atoms with E-state index >= 15 is 0 Å². The van der Waals surface area contributed by atoms with Crippen molar-refractivity contribution in [3.63, 3.8) is 0 Å². The zero-order chi connectivity index (χ0) is 9.38. The van der Waals surface area contributed by atoms with Crippen molar-refractivity contribution in [3.05, 3.63) is 18.5 Å². The molecule has 4 heteroatoms. The highest BCUT2D eigenvalue weighted by atomic mass is 16.5. The van der Waals surface area contributed by atoms with Crippen molar-refractivity contribution in [3.8, 4) is 0 Å². The van der Waals surface area contributed by atoms with Gasteiger partial charge in [-0.1, -0.05) is 0 Å². The number of aromatic nitrogens is 1. The van der Waals surface area contributed by atoms with Gasteiger partial charge >= 0.3 is 0 Å². The first kappa shape index (κ1) is 8.05. The van der Waals surface area contributed by atoms with Crippen LogP contribution in [0.25, 0.3) is 0 Å². The van der Waals surface area contributed by atoms with Crippen LogP contribution in [0.4, 0.5) is 11.4 Å². The molecular weight excluding hydrogens is 178 g/mol. The molecule has 0 aliphatic carbocycles. The fourth-order valence-corrected chi connectivity index (χ4v) is 2.13. The second-order valence-electron chi connectivity index (χ2n) is 3.70. The lowest BCUT2D eigenvalue weighted by atomic mass is 10.1. The summed E-state index contributed by atoms with van der Waals surface area (Å²) in [6, 6.07) is 2.50. The van der Waals surface area contributed by atoms with E-state index in [0.717, 1.165) is 26.3 Å². The number of rotatable bonds is 0. The Morgan fingerprint density at radius 1 is 1.57 bits per heavy atom. The number of morpholine rings is 1. The van der Waals surface area contributed by atoms with Gasteiger partial charge in [-0.25, -0.2) is 0 Å². The van der Waals surface area contributed by atoms with E-state index in [4.69, 9.17) is 4.74 Å². The SMILES string of the molecule is c1cc2c(cn1)N1CCOCC1CN2. The van der Waals surface area contributed by atoms with E-state index in [1.807, 2.05) is 18.5 Å². The minimum Gasteiger partial charge on any atom is -0.381 e. The summed E-state index contributed by atoms with van der Waals surface area (Å²) >= 11 is 0. The van der Waals surface area contributed by atoms with Crippen molar-refractivity contribution in [1.82, 2.24) is 4.98 Å². The van der Waals surface area contributed by atoms with Gasteiger partial charge in [-0.3, -0.25) is 4.98 Å². The molecule has 0 bridgehead atoms. The first-order valence-electron chi connectivity index (χ1n) is 4.97. The average molecular weight is 191 g/mol. The summed E-state index contributed by atoms with van der Waals surface area (Å²) in [5, 5.41) is 3.40. The lowest BCUT2D eigenvalue weighted by molar-refractivity contribution is 0.0963. The number of anilines is 2. The summed E-state index contributed by atoms with van der Waals surface area (Å²) in [4.78, 5) is 6.56. The second-order valence-corrected chi connectivity index (χ2v) is 3.70. The minimum atomic E-state index is 0.473. The smallest absolute Gasteiger partial charge is 0.0793 e. The van der Waals surface area contributed by atoms with Gasteiger partial charge in [0, 0.05) is 19.3 Å². The van der Waals surface area contributed by atoms with E-state index in [-0.39, 0.29) is 0 Å². The quantitative estimate of drug-likeness (QED) is 0.655. The lowest BCUT2D eigenvalue weighted by Crippen LogP contribution is -2.51. The normalized spacial score (nSPS) is 24.9. The van der Waals surface area contributed by atoms with Gasteiger partial charge in [0.05, 0.1) is 36.8 Å². The zero-order valence-corrected chi connectivity index (χ0v) is 7.94. The highest BCUT2D eigenvalue weighted by Crippen LogP contribution is 2.31. The number of hydrogen-bond donors (Lipinski definition) is 1. The van der Waals surface area contributed by atoms with E-state index in [1.54, 1.807) is 0 Å². The molecule has 14 heavy (non-hydrogen) atoms. The van der Waals surface area contributed by atoms with Crippen molar-refractivity contribution >= 4 is 11.4 Å². The molecular formula is C10H13N3O. The number of ether oxygens (including phenoxy) is 1. The molecule has 3 rings (SSSR count). The lowest BCUT2D eigenvalue weighted by Gasteiger charge is -2.41. The molecule has 0 amide bonds. The summed E-state index contributed by atoms with van der Waals surface area (Å²) in [5.74, 6) is 0. The number of hydrogen-bond acceptors (Lipinski definition) is 4. The van der Waals surface area contributed by atoms with Crippen LogP contribution in [0.2, 0.25) is 0 Å². The first-order chi connectivity index (χ1) is 6.95. The van der Waals surface area contributed by atoms with Crippen LogP contribution in [0.5, 0.6) is 0 Å². The fraction of sp³-hybridized carbons (Fsp3) is 0.500. The molecule has 4 nitrogen and oxygen atoms in total. The van der Waals surface area contributed by atoms with Crippen LogP contribution in [0, 0.1) is 0 Å². The van der Waals surface area contributed by atoms with Crippen LogP contribution in [0.1, 0.15) is 0 Å². The molecule has 2 aliphatic heterocycles. The molecule has 0 aromatic carbocycles. The van der Waals surface area contributed by atoms with Crippen LogP contribution in [-0.4, -0.2) is 37.3 Å². The Bertz CT molecular complexity index is 342. The van der Waals surface area contributed by atoms with Gasteiger partial charge < -0.3 is 15.0 Å². The molecule has 1 fully saturated rings. The summed E-state index contributed by atoms with van der Waals surface area (Å²) in [7, 11) is 0. The summed E-state index contributed by atoms with van der Waals surface area (Å²) in [6.07, 6.45) is 3.76. The van der Waals surface area contributed by atoms with Gasteiger partial charge in [0.15, 0.2) is 0 Å². The molecule has 1 aromatic rings. The third kappa shape index (κ3) is 1.14. The van der Waals surface area contributed by atoms with Crippen LogP contribution in [0.15, 0.2) is 18.5 Å². The molecule has 1 atom stereocenters. The maximum absolute atomic E-state index is 5.45. The van der Waals surface area contributed by atoms with Crippen molar-refractivity contribution in [1.29, 1.82) is 0 Å². The van der Waals surface area contributed by atoms with Crippen molar-refractivity contribution < 1.29 is 4.74 Å². The molecule has 1 N–H and O–H groups in total. The fourth-order valence-electron chi connectivity index (χ4n) is 2.13. The van der Waals surface area contributed by atoms with Crippen LogP contribution in [-0.2, 0) is 4.74 Å². The molecule has 3 heterocycles. The van der Waals surface area contributed by atoms with Crippen molar-refractivity contribution in [2.24, 2.45) is 0 Å². The molecule has 1 unspecified atom stereocenters. The number of nitrogens with one attached hydrogen (secondary N) is 1. The Labute approximate surface area is 82.9 Å². The molecule has 1 saturated heterocycles. The molecule has 74 valence electrons. The Morgan fingerprint density at radius 2 is 2.57 bits per heavy atom. The zero-order valence-electron chi connectivity index (χ0n) is 7.94. The maximum atomic E-state index is 5.45. The topological polar surface area (TPSA) is 37.4 Å². The minimum absolute atomic E-state index is 0.473. The predicted octanol–water partition coefficient (Wildman–Crippen LogP) is 0.712. The average Bonchev–Trinajstić information content (AvgIpc) is 2.29. The standard InChI is InChI=1S/C10H13N3O/c1-2-11-6-10-9(1)12-5-8-7-14-4-3-13(8)10/h1-2,6,8,12H,3-5,7H2. The Morgan fingerprint density at radius 3 is 3.57 bits per heavy atom.